The first kappa shape index (κ1) is 20.0. The molecule has 0 aliphatic carbocycles. The number of carbonyl (C=O) groups excluding carboxylic acids is 2. The summed E-state index contributed by atoms with van der Waals surface area (Å²) in [4.78, 5) is 29.3. The van der Waals surface area contributed by atoms with Crippen LogP contribution in [0.5, 0.6) is 0 Å². The monoisotopic (exact) mass is 481 g/mol. The Morgan fingerprint density at radius 1 is 0.967 bits per heavy atom. The zero-order valence-corrected chi connectivity index (χ0v) is 18.0. The van der Waals surface area contributed by atoms with Crippen molar-refractivity contribution in [3.63, 3.8) is 0 Å². The van der Waals surface area contributed by atoms with Crippen LogP contribution >= 0.6 is 27.3 Å². The molecule has 30 heavy (non-hydrogen) atoms. The second kappa shape index (κ2) is 9.02. The van der Waals surface area contributed by atoms with E-state index in [1.54, 1.807) is 41.3 Å². The van der Waals surface area contributed by atoms with Gasteiger partial charge in [-0.05, 0) is 53.4 Å². The minimum absolute atomic E-state index is 0.178. The summed E-state index contributed by atoms with van der Waals surface area (Å²) in [7, 11) is 0. The number of hydrogen-bond acceptors (Lipinski definition) is 5. The molecule has 0 bridgehead atoms. The highest BCUT2D eigenvalue weighted by Crippen LogP contribution is 2.15. The van der Waals surface area contributed by atoms with Gasteiger partial charge in [-0.1, -0.05) is 34.1 Å². The largest absolute Gasteiger partial charge is 0.321 e. The molecular weight excluding hydrogens is 466 g/mol. The fourth-order valence-corrected chi connectivity index (χ4v) is 3.57. The molecule has 150 valence electrons. The van der Waals surface area contributed by atoms with E-state index >= 15 is 0 Å². The van der Waals surface area contributed by atoms with Gasteiger partial charge in [-0.15, -0.1) is 16.4 Å². The molecule has 0 spiro atoms. The molecule has 9 heteroatoms. The first-order chi connectivity index (χ1) is 14.6. The van der Waals surface area contributed by atoms with Crippen LogP contribution in [0.4, 0.5) is 11.6 Å². The molecule has 4 aromatic rings. The Morgan fingerprint density at radius 3 is 2.43 bits per heavy atom. The summed E-state index contributed by atoms with van der Waals surface area (Å²) in [5.74, 6) is -0.276. The van der Waals surface area contributed by atoms with E-state index in [0.29, 0.717) is 22.7 Å². The molecular formula is C21H16BrN5O2S. The van der Waals surface area contributed by atoms with E-state index in [0.717, 1.165) is 10.0 Å². The van der Waals surface area contributed by atoms with E-state index < -0.39 is 0 Å². The van der Waals surface area contributed by atoms with Gasteiger partial charge in [0.1, 0.15) is 6.33 Å². The number of nitrogens with one attached hydrogen (secondary N) is 2. The highest BCUT2D eigenvalue weighted by Gasteiger charge is 2.11. The number of anilines is 2. The Labute approximate surface area is 184 Å². The maximum atomic E-state index is 12.4. The maximum Gasteiger partial charge on any atom is 0.265 e. The summed E-state index contributed by atoms with van der Waals surface area (Å²) < 4.78 is 2.66. The molecule has 2 amide bonds. The molecule has 0 saturated carbocycles. The predicted molar refractivity (Wildman–Crippen MR) is 120 cm³/mol. The van der Waals surface area contributed by atoms with Crippen molar-refractivity contribution in [3.05, 3.63) is 92.8 Å². The summed E-state index contributed by atoms with van der Waals surface area (Å²) in [6, 6.07) is 18.1. The number of hydrogen-bond donors (Lipinski definition) is 2. The third-order valence-electron chi connectivity index (χ3n) is 4.17. The van der Waals surface area contributed by atoms with Crippen molar-refractivity contribution in [1.29, 1.82) is 0 Å². The average molecular weight is 482 g/mol. The van der Waals surface area contributed by atoms with Crippen LogP contribution in [0.1, 0.15) is 25.6 Å². The van der Waals surface area contributed by atoms with Crippen molar-refractivity contribution in [2.75, 3.05) is 10.6 Å². The van der Waals surface area contributed by atoms with Gasteiger partial charge in [0.2, 0.25) is 5.95 Å². The molecule has 0 radical (unpaired) electrons. The number of benzene rings is 2. The lowest BCUT2D eigenvalue weighted by Gasteiger charge is -2.05. The van der Waals surface area contributed by atoms with Gasteiger partial charge < -0.3 is 5.32 Å². The van der Waals surface area contributed by atoms with Gasteiger partial charge in [-0.3, -0.25) is 14.9 Å². The van der Waals surface area contributed by atoms with E-state index in [-0.39, 0.29) is 17.8 Å². The smallest absolute Gasteiger partial charge is 0.265 e. The highest BCUT2D eigenvalue weighted by molar-refractivity contribution is 9.10. The second-order valence-electron chi connectivity index (χ2n) is 6.36. The Balaban J connectivity index is 1.35. The molecule has 7 nitrogen and oxygen atoms in total. The van der Waals surface area contributed by atoms with Crippen molar-refractivity contribution < 1.29 is 9.59 Å². The first-order valence-corrected chi connectivity index (χ1v) is 10.6. The van der Waals surface area contributed by atoms with Gasteiger partial charge in [0.25, 0.3) is 11.8 Å². The van der Waals surface area contributed by atoms with Crippen molar-refractivity contribution in [2.24, 2.45) is 0 Å². The van der Waals surface area contributed by atoms with Crippen LogP contribution in [0.25, 0.3) is 0 Å². The van der Waals surface area contributed by atoms with E-state index in [1.807, 2.05) is 35.7 Å². The van der Waals surface area contributed by atoms with E-state index in [4.69, 9.17) is 0 Å². The number of aromatic nitrogens is 3. The second-order valence-corrected chi connectivity index (χ2v) is 8.22. The molecule has 2 heterocycles. The third-order valence-corrected chi connectivity index (χ3v) is 5.57. The lowest BCUT2D eigenvalue weighted by Crippen LogP contribution is -2.14. The fraction of sp³-hybridized carbons (Fsp3) is 0.0476. The zero-order chi connectivity index (χ0) is 20.9. The van der Waals surface area contributed by atoms with Crippen molar-refractivity contribution in [3.8, 4) is 0 Å². The van der Waals surface area contributed by atoms with Gasteiger partial charge in [0.05, 0.1) is 11.4 Å². The quantitative estimate of drug-likeness (QED) is 0.419. The minimum atomic E-state index is -0.326. The predicted octanol–water partition coefficient (Wildman–Crippen LogP) is 4.66. The van der Waals surface area contributed by atoms with Crippen molar-refractivity contribution in [1.82, 2.24) is 14.8 Å². The summed E-state index contributed by atoms with van der Waals surface area (Å²) in [5, 5.41) is 11.6. The standard InChI is InChI=1S/C21H16BrN5O2S/c22-16-7-3-14(4-8-16)12-27-13-23-21(26-27)25-19(28)15-5-9-17(10-6-15)24-20(29)18-2-1-11-30-18/h1-11,13H,12H2,(H,24,29)(H,25,26,28). The number of carbonyl (C=O) groups is 2. The van der Waals surface area contributed by atoms with Crippen molar-refractivity contribution in [2.45, 2.75) is 6.54 Å². The Hall–Kier alpha value is -3.30. The maximum absolute atomic E-state index is 12.4. The van der Waals surface area contributed by atoms with Gasteiger partial charge in [0.15, 0.2) is 0 Å². The molecule has 0 unspecified atom stereocenters. The molecule has 4 rings (SSSR count). The zero-order valence-electron chi connectivity index (χ0n) is 15.6. The van der Waals surface area contributed by atoms with Crippen LogP contribution in [0, 0.1) is 0 Å². The topological polar surface area (TPSA) is 88.9 Å². The SMILES string of the molecule is O=C(Nc1ncn(Cc2ccc(Br)cc2)n1)c1ccc(NC(=O)c2cccs2)cc1. The summed E-state index contributed by atoms with van der Waals surface area (Å²) in [6.07, 6.45) is 1.57. The number of rotatable bonds is 6. The molecule has 0 atom stereocenters. The summed E-state index contributed by atoms with van der Waals surface area (Å²) in [5.41, 5.74) is 2.12. The minimum Gasteiger partial charge on any atom is -0.321 e. The summed E-state index contributed by atoms with van der Waals surface area (Å²) in [6.45, 7) is 0.550. The van der Waals surface area contributed by atoms with Gasteiger partial charge in [-0.2, -0.15) is 0 Å². The Bertz CT molecular complexity index is 1160. The molecule has 0 aliphatic rings. The number of nitrogens with zero attached hydrogens (tertiary/aromatic N) is 3. The van der Waals surface area contributed by atoms with E-state index in [2.05, 4.69) is 36.6 Å². The number of thiophene rings is 1. The normalized spacial score (nSPS) is 10.6. The lowest BCUT2D eigenvalue weighted by atomic mass is 10.2. The molecule has 0 aliphatic heterocycles. The van der Waals surface area contributed by atoms with Crippen LogP contribution in [0.2, 0.25) is 0 Å². The number of halogens is 1. The van der Waals surface area contributed by atoms with E-state index in [9.17, 15) is 9.59 Å². The lowest BCUT2D eigenvalue weighted by molar-refractivity contribution is 0.102. The molecule has 0 fully saturated rings. The Kier molecular flexibility index (Phi) is 6.01. The van der Waals surface area contributed by atoms with Gasteiger partial charge >= 0.3 is 0 Å². The number of amides is 2. The summed E-state index contributed by atoms with van der Waals surface area (Å²) >= 11 is 4.78. The van der Waals surface area contributed by atoms with Crippen LogP contribution in [0.15, 0.2) is 76.8 Å². The van der Waals surface area contributed by atoms with Crippen LogP contribution in [-0.2, 0) is 6.54 Å². The molecule has 2 aromatic carbocycles. The third kappa shape index (κ3) is 5.00. The van der Waals surface area contributed by atoms with Crippen LogP contribution < -0.4 is 10.6 Å². The molecule has 2 aromatic heterocycles. The van der Waals surface area contributed by atoms with Crippen LogP contribution in [0.3, 0.4) is 0 Å². The van der Waals surface area contributed by atoms with Crippen molar-refractivity contribution >= 4 is 50.7 Å². The highest BCUT2D eigenvalue weighted by atomic mass is 79.9. The first-order valence-electron chi connectivity index (χ1n) is 8.97. The van der Waals surface area contributed by atoms with Gasteiger partial charge in [0, 0.05) is 15.7 Å². The fourth-order valence-electron chi connectivity index (χ4n) is 2.68. The molecule has 2 N–H and O–H groups in total. The Morgan fingerprint density at radius 2 is 1.73 bits per heavy atom. The van der Waals surface area contributed by atoms with Gasteiger partial charge in [-0.25, -0.2) is 9.67 Å². The van der Waals surface area contributed by atoms with E-state index in [1.165, 1.54) is 11.3 Å². The molecule has 0 saturated heterocycles. The average Bonchev–Trinajstić information content (AvgIpc) is 3.43. The van der Waals surface area contributed by atoms with Crippen LogP contribution in [-0.4, -0.2) is 26.6 Å².